The zero-order chi connectivity index (χ0) is 18.4. The minimum Gasteiger partial charge on any atom is -0.461 e. The highest BCUT2D eigenvalue weighted by Gasteiger charge is 2.19. The van der Waals surface area contributed by atoms with Crippen LogP contribution in [0.25, 0.3) is 0 Å². The highest BCUT2D eigenvalue weighted by Crippen LogP contribution is 2.22. The fourth-order valence-electron chi connectivity index (χ4n) is 2.17. The van der Waals surface area contributed by atoms with Crippen molar-refractivity contribution >= 4 is 35.2 Å². The Labute approximate surface area is 153 Å². The summed E-state index contributed by atoms with van der Waals surface area (Å²) in [5.74, 6) is -1.21. The number of carbonyl (C=O) groups is 2. The van der Waals surface area contributed by atoms with Gasteiger partial charge in [0.2, 0.25) is 0 Å². The van der Waals surface area contributed by atoms with Crippen molar-refractivity contribution in [3.8, 4) is 0 Å². The number of urea groups is 1. The van der Waals surface area contributed by atoms with Crippen molar-refractivity contribution in [3.05, 3.63) is 69.5 Å². The maximum Gasteiger partial charge on any atom is 0.312 e. The average molecular weight is 385 g/mol. The molecule has 0 unspecified atom stereocenters. The predicted molar refractivity (Wildman–Crippen MR) is 92.7 cm³/mol. The lowest BCUT2D eigenvalue weighted by Crippen LogP contribution is -2.34. The summed E-state index contributed by atoms with van der Waals surface area (Å²) in [5.41, 5.74) is 5.86. The number of primary amides is 1. The molecule has 2 amide bonds. The van der Waals surface area contributed by atoms with E-state index in [1.54, 1.807) is 24.3 Å². The number of ether oxygens (including phenoxy) is 1. The van der Waals surface area contributed by atoms with Gasteiger partial charge in [0.05, 0.1) is 17.5 Å². The number of carbonyl (C=O) groups excluding carboxylic acids is 2. The lowest BCUT2D eigenvalue weighted by atomic mass is 10.0. The van der Waals surface area contributed by atoms with E-state index in [-0.39, 0.29) is 23.6 Å². The van der Waals surface area contributed by atoms with Crippen LogP contribution >= 0.6 is 23.2 Å². The molecule has 0 radical (unpaired) electrons. The van der Waals surface area contributed by atoms with E-state index in [0.717, 1.165) is 0 Å². The van der Waals surface area contributed by atoms with Gasteiger partial charge in [-0.05, 0) is 29.8 Å². The predicted octanol–water partition coefficient (Wildman–Crippen LogP) is 3.98. The third kappa shape index (κ3) is 5.62. The number of amides is 2. The highest BCUT2D eigenvalue weighted by molar-refractivity contribution is 6.31. The smallest absolute Gasteiger partial charge is 0.312 e. The Kier molecular flexibility index (Phi) is 6.61. The Balaban J connectivity index is 2.04. The molecule has 0 heterocycles. The van der Waals surface area contributed by atoms with Crippen LogP contribution in [-0.4, -0.2) is 12.0 Å². The van der Waals surface area contributed by atoms with Gasteiger partial charge in [-0.2, -0.15) is 0 Å². The van der Waals surface area contributed by atoms with E-state index in [2.05, 4.69) is 5.32 Å². The van der Waals surface area contributed by atoms with Crippen molar-refractivity contribution in [2.75, 3.05) is 0 Å². The molecule has 8 heteroatoms. The van der Waals surface area contributed by atoms with Gasteiger partial charge < -0.3 is 15.8 Å². The van der Waals surface area contributed by atoms with Crippen LogP contribution in [0, 0.1) is 5.82 Å². The summed E-state index contributed by atoms with van der Waals surface area (Å²) in [6.07, 6.45) is -0.184. The lowest BCUT2D eigenvalue weighted by molar-refractivity contribution is -0.145. The van der Waals surface area contributed by atoms with Crippen molar-refractivity contribution in [1.82, 2.24) is 5.32 Å². The molecule has 2 aromatic rings. The average Bonchev–Trinajstić information content (AvgIpc) is 2.54. The molecule has 0 aliphatic carbocycles. The minimum atomic E-state index is -0.787. The van der Waals surface area contributed by atoms with Gasteiger partial charge in [-0.15, -0.1) is 0 Å². The second-order valence-corrected chi connectivity index (χ2v) is 6.02. The monoisotopic (exact) mass is 384 g/mol. The Hall–Kier alpha value is -2.31. The van der Waals surface area contributed by atoms with Gasteiger partial charge in [-0.25, -0.2) is 9.18 Å². The Morgan fingerprint density at radius 1 is 1.16 bits per heavy atom. The Morgan fingerprint density at radius 3 is 2.44 bits per heavy atom. The van der Waals surface area contributed by atoms with Crippen LogP contribution in [0.4, 0.5) is 9.18 Å². The normalized spacial score (nSPS) is 11.6. The van der Waals surface area contributed by atoms with Crippen LogP contribution in [0.15, 0.2) is 42.5 Å². The molecule has 0 aliphatic rings. The fraction of sp³-hybridized carbons (Fsp3) is 0.176. The molecule has 0 aromatic heterocycles. The molecule has 1 atom stereocenters. The topological polar surface area (TPSA) is 81.4 Å². The molecular weight excluding hydrogens is 370 g/mol. The van der Waals surface area contributed by atoms with E-state index >= 15 is 0 Å². The molecule has 132 valence electrons. The first-order valence-electron chi connectivity index (χ1n) is 7.26. The number of rotatable bonds is 6. The standard InChI is InChI=1S/C17H15Cl2FN2O3/c18-11-6-4-10(5-7-11)15(22-17(21)24)8-16(23)25-9-12-13(19)2-1-3-14(12)20/h1-7,15H,8-9H2,(H3,21,22,24)/t15-/m1/s1. The zero-order valence-corrected chi connectivity index (χ0v) is 14.5. The van der Waals surface area contributed by atoms with Crippen molar-refractivity contribution in [2.45, 2.75) is 19.1 Å². The Bertz CT molecular complexity index is 749. The molecule has 0 fully saturated rings. The SMILES string of the molecule is NC(=O)N[C@H](CC(=O)OCc1c(F)cccc1Cl)c1ccc(Cl)cc1. The van der Waals surface area contributed by atoms with Gasteiger partial charge in [0, 0.05) is 10.6 Å². The largest absolute Gasteiger partial charge is 0.461 e. The number of esters is 1. The van der Waals surface area contributed by atoms with Crippen molar-refractivity contribution in [3.63, 3.8) is 0 Å². The van der Waals surface area contributed by atoms with Crippen molar-refractivity contribution in [1.29, 1.82) is 0 Å². The molecular formula is C17H15Cl2FN2O3. The highest BCUT2D eigenvalue weighted by atomic mass is 35.5. The van der Waals surface area contributed by atoms with Gasteiger partial charge in [-0.3, -0.25) is 4.79 Å². The molecule has 2 aromatic carbocycles. The van der Waals surface area contributed by atoms with Crippen LogP contribution in [0.3, 0.4) is 0 Å². The third-order valence-electron chi connectivity index (χ3n) is 3.40. The van der Waals surface area contributed by atoms with Crippen molar-refractivity contribution < 1.29 is 18.7 Å². The fourth-order valence-corrected chi connectivity index (χ4v) is 2.51. The zero-order valence-electron chi connectivity index (χ0n) is 13.0. The number of nitrogens with one attached hydrogen (secondary N) is 1. The number of benzene rings is 2. The van der Waals surface area contributed by atoms with E-state index in [9.17, 15) is 14.0 Å². The summed E-state index contributed by atoms with van der Waals surface area (Å²) < 4.78 is 18.7. The maximum absolute atomic E-state index is 13.7. The van der Waals surface area contributed by atoms with E-state index in [1.165, 1.54) is 18.2 Å². The van der Waals surface area contributed by atoms with Gasteiger partial charge in [0.25, 0.3) is 0 Å². The van der Waals surface area contributed by atoms with Crippen molar-refractivity contribution in [2.24, 2.45) is 5.73 Å². The van der Waals surface area contributed by atoms with E-state index in [4.69, 9.17) is 33.7 Å². The summed E-state index contributed by atoms with van der Waals surface area (Å²) in [7, 11) is 0. The Morgan fingerprint density at radius 2 is 1.84 bits per heavy atom. The number of nitrogens with two attached hydrogens (primary N) is 1. The van der Waals surface area contributed by atoms with E-state index < -0.39 is 23.9 Å². The quantitative estimate of drug-likeness (QED) is 0.739. The van der Waals surface area contributed by atoms with Gasteiger partial charge >= 0.3 is 12.0 Å². The van der Waals surface area contributed by atoms with E-state index in [0.29, 0.717) is 10.6 Å². The van der Waals surface area contributed by atoms with E-state index in [1.807, 2.05) is 0 Å². The summed E-state index contributed by atoms with van der Waals surface area (Å²) in [6.45, 7) is -0.311. The molecule has 25 heavy (non-hydrogen) atoms. The summed E-state index contributed by atoms with van der Waals surface area (Å²) in [5, 5.41) is 3.14. The number of hydrogen-bond donors (Lipinski definition) is 2. The third-order valence-corrected chi connectivity index (χ3v) is 4.00. The first kappa shape index (κ1) is 19.0. The van der Waals surface area contributed by atoms with Gasteiger partial charge in [0.1, 0.15) is 12.4 Å². The number of hydrogen-bond acceptors (Lipinski definition) is 3. The summed E-state index contributed by atoms with van der Waals surface area (Å²) >= 11 is 11.7. The summed E-state index contributed by atoms with van der Waals surface area (Å²) in [4.78, 5) is 23.2. The molecule has 5 nitrogen and oxygen atoms in total. The van der Waals surface area contributed by atoms with Crippen LogP contribution in [0.2, 0.25) is 10.0 Å². The number of halogens is 3. The van der Waals surface area contributed by atoms with Crippen LogP contribution in [0.5, 0.6) is 0 Å². The minimum absolute atomic E-state index is 0.0865. The molecule has 0 aliphatic heterocycles. The van der Waals surface area contributed by atoms with Crippen LogP contribution in [-0.2, 0) is 16.1 Å². The molecule has 0 spiro atoms. The maximum atomic E-state index is 13.7. The second-order valence-electron chi connectivity index (χ2n) is 5.18. The first-order chi connectivity index (χ1) is 11.9. The molecule has 3 N–H and O–H groups in total. The molecule has 2 rings (SSSR count). The second kappa shape index (κ2) is 8.69. The van der Waals surface area contributed by atoms with Gasteiger partial charge in [0.15, 0.2) is 0 Å². The summed E-state index contributed by atoms with van der Waals surface area (Å²) in [6, 6.07) is 9.25. The molecule has 0 saturated heterocycles. The van der Waals surface area contributed by atoms with Gasteiger partial charge in [-0.1, -0.05) is 41.4 Å². The lowest BCUT2D eigenvalue weighted by Gasteiger charge is -2.17. The van der Waals surface area contributed by atoms with Crippen LogP contribution in [0.1, 0.15) is 23.6 Å². The molecule has 0 saturated carbocycles. The first-order valence-corrected chi connectivity index (χ1v) is 8.02. The van der Waals surface area contributed by atoms with Crippen LogP contribution < -0.4 is 11.1 Å². The molecule has 0 bridgehead atoms.